The lowest BCUT2D eigenvalue weighted by molar-refractivity contribution is -0.122. The largest absolute Gasteiger partial charge is 0.481 e. The van der Waals surface area contributed by atoms with Crippen molar-refractivity contribution in [2.24, 2.45) is 0 Å². The summed E-state index contributed by atoms with van der Waals surface area (Å²) in [7, 11) is 0. The van der Waals surface area contributed by atoms with Crippen molar-refractivity contribution in [1.29, 1.82) is 0 Å². The Hall–Kier alpha value is -3.50. The number of benzene rings is 2. The summed E-state index contributed by atoms with van der Waals surface area (Å²) in [6.45, 7) is 0.144. The maximum absolute atomic E-state index is 13.1. The van der Waals surface area contributed by atoms with Crippen LogP contribution in [-0.2, 0) is 9.59 Å². The summed E-state index contributed by atoms with van der Waals surface area (Å²) in [5, 5.41) is 2.41. The third-order valence-corrected chi connectivity index (χ3v) is 3.98. The number of anilines is 1. The lowest BCUT2D eigenvalue weighted by atomic mass is 10.1. The molecular formula is C20H13FN2O3S. The smallest absolute Gasteiger partial charge is 0.270 e. The van der Waals surface area contributed by atoms with Gasteiger partial charge < -0.3 is 4.74 Å². The summed E-state index contributed by atoms with van der Waals surface area (Å²) < 4.78 is 18.4. The van der Waals surface area contributed by atoms with Gasteiger partial charge in [0.15, 0.2) is 5.11 Å². The molecule has 134 valence electrons. The van der Waals surface area contributed by atoms with Crippen LogP contribution in [0.25, 0.3) is 6.08 Å². The third-order valence-electron chi connectivity index (χ3n) is 3.70. The second-order valence-corrected chi connectivity index (χ2v) is 5.88. The van der Waals surface area contributed by atoms with Gasteiger partial charge in [-0.1, -0.05) is 18.1 Å². The van der Waals surface area contributed by atoms with Gasteiger partial charge in [-0.15, -0.1) is 6.42 Å². The fraction of sp³-hybridized carbons (Fsp3) is 0.0500. The third kappa shape index (κ3) is 4.02. The minimum Gasteiger partial charge on any atom is -0.481 e. The van der Waals surface area contributed by atoms with Crippen molar-refractivity contribution in [2.45, 2.75) is 0 Å². The molecule has 7 heteroatoms. The number of hydrogen-bond donors (Lipinski definition) is 1. The molecule has 0 radical (unpaired) electrons. The molecule has 0 saturated carbocycles. The van der Waals surface area contributed by atoms with Gasteiger partial charge in [0, 0.05) is 0 Å². The van der Waals surface area contributed by atoms with Gasteiger partial charge in [-0.3, -0.25) is 19.8 Å². The predicted octanol–water partition coefficient (Wildman–Crippen LogP) is 2.67. The molecule has 0 atom stereocenters. The Morgan fingerprint density at radius 1 is 1.15 bits per heavy atom. The first-order valence-corrected chi connectivity index (χ1v) is 8.24. The highest BCUT2D eigenvalue weighted by Crippen LogP contribution is 2.23. The van der Waals surface area contributed by atoms with Crippen LogP contribution in [0, 0.1) is 18.2 Å². The van der Waals surface area contributed by atoms with Gasteiger partial charge >= 0.3 is 0 Å². The monoisotopic (exact) mass is 380 g/mol. The number of terminal acetylenes is 1. The number of carbonyl (C=O) groups excluding carboxylic acids is 2. The van der Waals surface area contributed by atoms with Crippen LogP contribution in [-0.4, -0.2) is 23.5 Å². The fourth-order valence-corrected chi connectivity index (χ4v) is 2.72. The van der Waals surface area contributed by atoms with Crippen LogP contribution in [0.2, 0.25) is 0 Å². The molecule has 1 saturated heterocycles. The molecule has 5 nitrogen and oxygen atoms in total. The standard InChI is InChI=1S/C20H13FN2O3S/c1-2-11-26-16-9-3-13(4-10-16)12-17-18(24)22-20(27)23(19(17)25)15-7-5-14(21)6-8-15/h1,3-10,12H,11H2,(H,22,24,27)/b17-12-. The van der Waals surface area contributed by atoms with E-state index in [1.807, 2.05) is 0 Å². The zero-order valence-electron chi connectivity index (χ0n) is 13.9. The molecule has 1 fully saturated rings. The van der Waals surface area contributed by atoms with E-state index in [0.29, 0.717) is 17.0 Å². The summed E-state index contributed by atoms with van der Waals surface area (Å²) in [5.74, 6) is 1.30. The van der Waals surface area contributed by atoms with Crippen LogP contribution in [0.15, 0.2) is 54.1 Å². The first kappa shape index (κ1) is 18.3. The first-order chi connectivity index (χ1) is 13.0. The van der Waals surface area contributed by atoms with Crippen LogP contribution in [0.3, 0.4) is 0 Å². The summed E-state index contributed by atoms with van der Waals surface area (Å²) in [6.07, 6.45) is 6.58. The predicted molar refractivity (Wildman–Crippen MR) is 103 cm³/mol. The number of halogens is 1. The molecule has 1 heterocycles. The Morgan fingerprint density at radius 2 is 1.81 bits per heavy atom. The minimum absolute atomic E-state index is 0.0632. The number of thiocarbonyl (C=S) groups is 1. The molecule has 1 N–H and O–H groups in total. The summed E-state index contributed by atoms with van der Waals surface area (Å²) in [6, 6.07) is 12.0. The summed E-state index contributed by atoms with van der Waals surface area (Å²) >= 11 is 5.09. The Kier molecular flexibility index (Phi) is 5.29. The van der Waals surface area contributed by atoms with Crippen molar-refractivity contribution >= 4 is 40.9 Å². The van der Waals surface area contributed by atoms with Crippen LogP contribution in [0.4, 0.5) is 10.1 Å². The van der Waals surface area contributed by atoms with Crippen molar-refractivity contribution in [1.82, 2.24) is 5.32 Å². The van der Waals surface area contributed by atoms with Gasteiger partial charge in [0.1, 0.15) is 23.7 Å². The second kappa shape index (κ2) is 7.81. The SMILES string of the molecule is C#CCOc1ccc(/C=C2/C(=O)NC(=S)N(c3ccc(F)cc3)C2=O)cc1. The summed E-state index contributed by atoms with van der Waals surface area (Å²) in [5.41, 5.74) is 0.883. The van der Waals surface area contributed by atoms with Gasteiger partial charge in [0.2, 0.25) is 0 Å². The van der Waals surface area contributed by atoms with Gasteiger partial charge in [-0.2, -0.15) is 0 Å². The average Bonchev–Trinajstić information content (AvgIpc) is 2.66. The Morgan fingerprint density at radius 3 is 2.44 bits per heavy atom. The Bertz CT molecular complexity index is 976. The Balaban J connectivity index is 1.89. The minimum atomic E-state index is -0.601. The highest BCUT2D eigenvalue weighted by atomic mass is 32.1. The lowest BCUT2D eigenvalue weighted by Gasteiger charge is -2.28. The van der Waals surface area contributed by atoms with Crippen molar-refractivity contribution in [3.8, 4) is 18.1 Å². The molecule has 2 aromatic rings. The number of carbonyl (C=O) groups is 2. The van der Waals surface area contributed by atoms with E-state index in [1.54, 1.807) is 24.3 Å². The lowest BCUT2D eigenvalue weighted by Crippen LogP contribution is -2.54. The number of nitrogens with one attached hydrogen (secondary N) is 1. The van der Waals surface area contributed by atoms with Gasteiger partial charge in [0.05, 0.1) is 5.69 Å². The number of amides is 2. The van der Waals surface area contributed by atoms with Crippen molar-refractivity contribution < 1.29 is 18.7 Å². The van der Waals surface area contributed by atoms with E-state index in [2.05, 4.69) is 11.2 Å². The molecule has 3 rings (SSSR count). The average molecular weight is 380 g/mol. The molecule has 27 heavy (non-hydrogen) atoms. The van der Waals surface area contributed by atoms with Crippen LogP contribution < -0.4 is 15.0 Å². The molecule has 0 aromatic heterocycles. The molecule has 0 unspecified atom stereocenters. The maximum Gasteiger partial charge on any atom is 0.270 e. The molecule has 1 aliphatic rings. The normalized spacial score (nSPS) is 15.5. The molecule has 0 spiro atoms. The van der Waals surface area contributed by atoms with E-state index in [-0.39, 0.29) is 17.3 Å². The maximum atomic E-state index is 13.1. The fourth-order valence-electron chi connectivity index (χ4n) is 2.43. The van der Waals surface area contributed by atoms with Crippen LogP contribution in [0.5, 0.6) is 5.75 Å². The first-order valence-electron chi connectivity index (χ1n) is 7.83. The van der Waals surface area contributed by atoms with E-state index in [0.717, 1.165) is 4.90 Å². The van der Waals surface area contributed by atoms with Crippen molar-refractivity contribution in [3.05, 3.63) is 65.5 Å². The van der Waals surface area contributed by atoms with Crippen LogP contribution >= 0.6 is 12.2 Å². The molecule has 0 aliphatic carbocycles. The molecular weight excluding hydrogens is 367 g/mol. The number of ether oxygens (including phenoxy) is 1. The summed E-state index contributed by atoms with van der Waals surface area (Å²) in [4.78, 5) is 26.2. The Labute approximate surface area is 160 Å². The molecule has 2 aromatic carbocycles. The quantitative estimate of drug-likeness (QED) is 0.384. The van der Waals surface area contributed by atoms with Crippen molar-refractivity contribution in [2.75, 3.05) is 11.5 Å². The highest BCUT2D eigenvalue weighted by Gasteiger charge is 2.34. The van der Waals surface area contributed by atoms with E-state index in [1.165, 1.54) is 30.3 Å². The number of hydrogen-bond acceptors (Lipinski definition) is 4. The van der Waals surface area contributed by atoms with Crippen LogP contribution in [0.1, 0.15) is 5.56 Å². The zero-order valence-corrected chi connectivity index (χ0v) is 14.8. The van der Waals surface area contributed by atoms with Gasteiger partial charge in [-0.25, -0.2) is 4.39 Å². The van der Waals surface area contributed by atoms with E-state index in [4.69, 9.17) is 23.4 Å². The second-order valence-electron chi connectivity index (χ2n) is 5.50. The van der Waals surface area contributed by atoms with E-state index < -0.39 is 17.6 Å². The van der Waals surface area contributed by atoms with Gasteiger partial charge in [0.25, 0.3) is 11.8 Å². The van der Waals surface area contributed by atoms with Gasteiger partial charge in [-0.05, 0) is 60.3 Å². The number of nitrogens with zero attached hydrogens (tertiary/aromatic N) is 1. The molecule has 1 aliphatic heterocycles. The van der Waals surface area contributed by atoms with E-state index >= 15 is 0 Å². The number of rotatable bonds is 4. The molecule has 2 amide bonds. The van der Waals surface area contributed by atoms with Crippen molar-refractivity contribution in [3.63, 3.8) is 0 Å². The van der Waals surface area contributed by atoms with E-state index in [9.17, 15) is 14.0 Å². The topological polar surface area (TPSA) is 58.6 Å². The zero-order chi connectivity index (χ0) is 19.4. The molecule has 0 bridgehead atoms. The highest BCUT2D eigenvalue weighted by molar-refractivity contribution is 7.80.